The molecular weight excluding hydrogens is 370 g/mol. The summed E-state index contributed by atoms with van der Waals surface area (Å²) in [5, 5.41) is 13.1. The number of hydrogen-bond donors (Lipinski definition) is 1. The van der Waals surface area contributed by atoms with Crippen LogP contribution in [0.15, 0.2) is 35.4 Å². The van der Waals surface area contributed by atoms with Crippen LogP contribution in [0.3, 0.4) is 0 Å². The number of benzene rings is 1. The van der Waals surface area contributed by atoms with Crippen molar-refractivity contribution in [2.45, 2.75) is 56.9 Å². The number of thioether (sulfide) groups is 1. The number of nitrogens with zero attached hydrogens (tertiary/aromatic N) is 2. The summed E-state index contributed by atoms with van der Waals surface area (Å²) in [5.41, 5.74) is 3.76. The Bertz CT molecular complexity index is 901. The molecule has 1 N–H and O–H groups in total. The number of nitriles is 1. The number of amides is 1. The fourth-order valence-corrected chi connectivity index (χ4v) is 3.49. The van der Waals surface area contributed by atoms with Crippen molar-refractivity contribution in [3.05, 3.63) is 58.3 Å². The average Bonchev–Trinajstić information content (AvgIpc) is 3.55. The van der Waals surface area contributed by atoms with Gasteiger partial charge in [0, 0.05) is 18.2 Å². The highest BCUT2D eigenvalue weighted by Gasteiger charge is 2.28. The maximum atomic E-state index is 12.8. The second-order valence-corrected chi connectivity index (χ2v) is 8.02. The Hall–Kier alpha value is -2.36. The van der Waals surface area contributed by atoms with E-state index in [2.05, 4.69) is 16.4 Å². The number of carbonyl (C=O) groups excluding carboxylic acids is 1. The first-order valence-electron chi connectivity index (χ1n) is 9.48. The molecule has 6 heteroatoms. The van der Waals surface area contributed by atoms with E-state index in [1.54, 1.807) is 6.07 Å². The summed E-state index contributed by atoms with van der Waals surface area (Å²) in [6, 6.07) is 11.9. The zero-order valence-corrected chi connectivity index (χ0v) is 17.3. The van der Waals surface area contributed by atoms with Gasteiger partial charge in [-0.1, -0.05) is 24.3 Å². The molecule has 1 aromatic carbocycles. The van der Waals surface area contributed by atoms with Crippen LogP contribution in [0.25, 0.3) is 0 Å². The second kappa shape index (κ2) is 9.22. The molecule has 0 radical (unpaired) electrons. The molecular formula is C22H25N3O2S. The van der Waals surface area contributed by atoms with Crippen LogP contribution < -0.4 is 5.32 Å². The highest BCUT2D eigenvalue weighted by atomic mass is 32.2. The lowest BCUT2D eigenvalue weighted by molar-refractivity contribution is 0.0657. The van der Waals surface area contributed by atoms with Crippen molar-refractivity contribution in [1.29, 1.82) is 5.26 Å². The summed E-state index contributed by atoms with van der Waals surface area (Å²) in [6.07, 6.45) is 4.25. The molecule has 0 bridgehead atoms. The number of carbonyl (C=O) groups is 1. The van der Waals surface area contributed by atoms with Crippen LogP contribution in [0.2, 0.25) is 0 Å². The van der Waals surface area contributed by atoms with Gasteiger partial charge in [0.1, 0.15) is 11.1 Å². The Morgan fingerprint density at radius 2 is 2.11 bits per heavy atom. The number of hydrogen-bond acceptors (Lipinski definition) is 5. The zero-order valence-electron chi connectivity index (χ0n) is 16.5. The van der Waals surface area contributed by atoms with Crippen LogP contribution in [0.5, 0.6) is 0 Å². The van der Waals surface area contributed by atoms with Crippen molar-refractivity contribution in [2.24, 2.45) is 0 Å². The van der Waals surface area contributed by atoms with Gasteiger partial charge < -0.3 is 10.1 Å². The van der Waals surface area contributed by atoms with Gasteiger partial charge in [0.15, 0.2) is 0 Å². The Kier molecular flexibility index (Phi) is 6.71. The minimum absolute atomic E-state index is 0.172. The lowest BCUT2D eigenvalue weighted by atomic mass is 10.1. The molecule has 5 nitrogen and oxygen atoms in total. The van der Waals surface area contributed by atoms with Gasteiger partial charge in [-0.25, -0.2) is 4.98 Å². The summed E-state index contributed by atoms with van der Waals surface area (Å²) in [7, 11) is 0. The number of ether oxygens (including phenoxy) is 1. The third-order valence-corrected chi connectivity index (χ3v) is 5.26. The average molecular weight is 396 g/mol. The van der Waals surface area contributed by atoms with Crippen LogP contribution in [0, 0.1) is 11.3 Å². The van der Waals surface area contributed by atoms with Crippen molar-refractivity contribution in [3.63, 3.8) is 0 Å². The highest BCUT2D eigenvalue weighted by molar-refractivity contribution is 7.98. The van der Waals surface area contributed by atoms with Gasteiger partial charge >= 0.3 is 0 Å². The van der Waals surface area contributed by atoms with E-state index in [0.29, 0.717) is 35.2 Å². The Labute approximate surface area is 170 Å². The fraction of sp³-hybridized carbons (Fsp3) is 0.409. The Morgan fingerprint density at radius 3 is 2.75 bits per heavy atom. The van der Waals surface area contributed by atoms with Crippen LogP contribution in [0.4, 0.5) is 0 Å². The van der Waals surface area contributed by atoms with Gasteiger partial charge in [-0.15, -0.1) is 11.8 Å². The molecule has 1 aliphatic carbocycles. The monoisotopic (exact) mass is 395 g/mol. The Morgan fingerprint density at radius 1 is 1.36 bits per heavy atom. The first-order chi connectivity index (χ1) is 13.5. The lowest BCUT2D eigenvalue weighted by Gasteiger charge is -2.12. The van der Waals surface area contributed by atoms with Gasteiger partial charge in [-0.05, 0) is 50.1 Å². The molecule has 0 atom stereocenters. The quantitative estimate of drug-likeness (QED) is 0.670. The molecule has 146 valence electrons. The van der Waals surface area contributed by atoms with Gasteiger partial charge in [-0.3, -0.25) is 4.79 Å². The van der Waals surface area contributed by atoms with Gasteiger partial charge in [-0.2, -0.15) is 5.26 Å². The van der Waals surface area contributed by atoms with E-state index in [1.165, 1.54) is 11.8 Å². The van der Waals surface area contributed by atoms with E-state index in [1.807, 2.05) is 44.4 Å². The first-order valence-corrected chi connectivity index (χ1v) is 10.7. The maximum Gasteiger partial charge on any atom is 0.253 e. The second-order valence-electron chi connectivity index (χ2n) is 7.23. The summed E-state index contributed by atoms with van der Waals surface area (Å²) >= 11 is 1.41. The van der Waals surface area contributed by atoms with E-state index in [9.17, 15) is 10.1 Å². The molecule has 0 aliphatic heterocycles. The van der Waals surface area contributed by atoms with Crippen molar-refractivity contribution in [3.8, 4) is 6.07 Å². The standard InChI is InChI=1S/C22H25N3O2S/c1-14(2)27-13-16-6-4-5-15(9-16)12-24-21(26)18-10-20(17-7-8-17)25-22(28-3)19(18)11-23/h4-6,9-10,14,17H,7-8,12-13H2,1-3H3,(H,24,26). The van der Waals surface area contributed by atoms with Crippen molar-refractivity contribution in [2.75, 3.05) is 6.26 Å². The van der Waals surface area contributed by atoms with E-state index < -0.39 is 0 Å². The summed E-state index contributed by atoms with van der Waals surface area (Å²) in [5.74, 6) is 0.183. The Balaban J connectivity index is 1.74. The highest BCUT2D eigenvalue weighted by Crippen LogP contribution is 2.40. The van der Waals surface area contributed by atoms with Crippen molar-refractivity contribution in [1.82, 2.24) is 10.3 Å². The molecule has 1 amide bonds. The first kappa shape index (κ1) is 20.4. The largest absolute Gasteiger partial charge is 0.374 e. The molecule has 1 saturated carbocycles. The molecule has 3 rings (SSSR count). The number of pyridine rings is 1. The van der Waals surface area contributed by atoms with E-state index >= 15 is 0 Å². The normalized spacial score (nSPS) is 13.4. The SMILES string of the molecule is CSc1nc(C2CC2)cc(C(=O)NCc2cccc(COC(C)C)c2)c1C#N. The van der Waals surface area contributed by atoms with Crippen LogP contribution in [-0.2, 0) is 17.9 Å². The summed E-state index contributed by atoms with van der Waals surface area (Å²) < 4.78 is 5.64. The number of aromatic nitrogens is 1. The van der Waals surface area contributed by atoms with Gasteiger partial charge in [0.2, 0.25) is 0 Å². The molecule has 1 aromatic heterocycles. The van der Waals surface area contributed by atoms with E-state index in [-0.39, 0.29) is 12.0 Å². The fourth-order valence-electron chi connectivity index (χ4n) is 2.93. The van der Waals surface area contributed by atoms with E-state index in [0.717, 1.165) is 29.7 Å². The van der Waals surface area contributed by atoms with Crippen molar-refractivity contribution >= 4 is 17.7 Å². The predicted molar refractivity (Wildman–Crippen MR) is 110 cm³/mol. The third-order valence-electron chi connectivity index (χ3n) is 4.58. The molecule has 1 aliphatic rings. The van der Waals surface area contributed by atoms with Gasteiger partial charge in [0.05, 0.1) is 23.8 Å². The topological polar surface area (TPSA) is 75.0 Å². The summed E-state index contributed by atoms with van der Waals surface area (Å²) in [6.45, 7) is 4.95. The molecule has 28 heavy (non-hydrogen) atoms. The molecule has 0 saturated heterocycles. The minimum Gasteiger partial charge on any atom is -0.374 e. The predicted octanol–water partition coefficient (Wildman–Crippen LogP) is 4.41. The molecule has 2 aromatic rings. The van der Waals surface area contributed by atoms with Crippen LogP contribution in [0.1, 0.15) is 65.3 Å². The van der Waals surface area contributed by atoms with Crippen LogP contribution in [-0.4, -0.2) is 23.3 Å². The number of nitrogens with one attached hydrogen (secondary N) is 1. The van der Waals surface area contributed by atoms with Crippen LogP contribution >= 0.6 is 11.8 Å². The zero-order chi connectivity index (χ0) is 20.1. The molecule has 0 unspecified atom stereocenters. The van der Waals surface area contributed by atoms with Gasteiger partial charge in [0.25, 0.3) is 5.91 Å². The smallest absolute Gasteiger partial charge is 0.253 e. The summed E-state index contributed by atoms with van der Waals surface area (Å²) in [4.78, 5) is 17.4. The number of rotatable bonds is 8. The van der Waals surface area contributed by atoms with Crippen molar-refractivity contribution < 1.29 is 9.53 Å². The molecule has 1 heterocycles. The lowest BCUT2D eigenvalue weighted by Crippen LogP contribution is -2.24. The molecule has 1 fully saturated rings. The molecule has 0 spiro atoms. The minimum atomic E-state index is -0.236. The third kappa shape index (κ3) is 5.12. The maximum absolute atomic E-state index is 12.8. The van der Waals surface area contributed by atoms with E-state index in [4.69, 9.17) is 4.74 Å².